The van der Waals surface area contributed by atoms with Crippen LogP contribution in [-0.4, -0.2) is 34.7 Å². The molecule has 1 unspecified atom stereocenters. The second-order valence-corrected chi connectivity index (χ2v) is 2.95. The number of ether oxygens (including phenoxy) is 1. The van der Waals surface area contributed by atoms with E-state index in [9.17, 15) is 4.79 Å². The SMILES string of the molecule is COc1cc(C(CCN)C(=O)O)ncn1. The smallest absolute Gasteiger partial charge is 0.312 e. The molecule has 0 radical (unpaired) electrons. The molecule has 0 saturated heterocycles. The summed E-state index contributed by atoms with van der Waals surface area (Å²) in [5, 5.41) is 8.96. The Kier molecular flexibility index (Phi) is 3.99. The van der Waals surface area contributed by atoms with E-state index >= 15 is 0 Å². The van der Waals surface area contributed by atoms with Gasteiger partial charge in [0.05, 0.1) is 12.8 Å². The van der Waals surface area contributed by atoms with Crippen LogP contribution < -0.4 is 10.5 Å². The van der Waals surface area contributed by atoms with E-state index in [1.807, 2.05) is 0 Å². The predicted molar refractivity (Wildman–Crippen MR) is 52.6 cm³/mol. The van der Waals surface area contributed by atoms with Crippen LogP contribution in [-0.2, 0) is 4.79 Å². The number of aromatic nitrogens is 2. The maximum atomic E-state index is 10.9. The first-order valence-electron chi connectivity index (χ1n) is 4.47. The van der Waals surface area contributed by atoms with Crippen molar-refractivity contribution in [1.29, 1.82) is 0 Å². The lowest BCUT2D eigenvalue weighted by molar-refractivity contribution is -0.139. The number of nitrogens with two attached hydrogens (primary N) is 1. The average molecular weight is 211 g/mol. The monoisotopic (exact) mass is 211 g/mol. The van der Waals surface area contributed by atoms with E-state index in [4.69, 9.17) is 15.6 Å². The van der Waals surface area contributed by atoms with Gasteiger partial charge in [-0.1, -0.05) is 0 Å². The molecular weight excluding hydrogens is 198 g/mol. The van der Waals surface area contributed by atoms with Crippen LogP contribution in [0.4, 0.5) is 0 Å². The molecule has 82 valence electrons. The largest absolute Gasteiger partial charge is 0.481 e. The molecule has 1 atom stereocenters. The normalized spacial score (nSPS) is 12.1. The molecule has 0 aromatic carbocycles. The summed E-state index contributed by atoms with van der Waals surface area (Å²) in [6.07, 6.45) is 1.62. The third-order valence-electron chi connectivity index (χ3n) is 1.98. The fraction of sp³-hybridized carbons (Fsp3) is 0.444. The number of carbonyl (C=O) groups is 1. The van der Waals surface area contributed by atoms with Crippen LogP contribution in [0.5, 0.6) is 5.88 Å². The molecule has 1 rings (SSSR count). The molecule has 15 heavy (non-hydrogen) atoms. The topological polar surface area (TPSA) is 98.3 Å². The van der Waals surface area contributed by atoms with E-state index in [-0.39, 0.29) is 0 Å². The van der Waals surface area contributed by atoms with Crippen LogP contribution in [0.3, 0.4) is 0 Å². The van der Waals surface area contributed by atoms with Gasteiger partial charge in [-0.05, 0) is 13.0 Å². The van der Waals surface area contributed by atoms with Gasteiger partial charge >= 0.3 is 5.97 Å². The third-order valence-corrected chi connectivity index (χ3v) is 1.98. The van der Waals surface area contributed by atoms with E-state index in [1.54, 1.807) is 0 Å². The van der Waals surface area contributed by atoms with Crippen molar-refractivity contribution in [3.63, 3.8) is 0 Å². The Morgan fingerprint density at radius 2 is 2.40 bits per heavy atom. The van der Waals surface area contributed by atoms with E-state index in [2.05, 4.69) is 9.97 Å². The van der Waals surface area contributed by atoms with E-state index < -0.39 is 11.9 Å². The summed E-state index contributed by atoms with van der Waals surface area (Å²) in [6.45, 7) is 0.295. The van der Waals surface area contributed by atoms with Crippen LogP contribution in [0.1, 0.15) is 18.0 Å². The molecule has 6 heteroatoms. The number of carboxylic acids is 1. The van der Waals surface area contributed by atoms with E-state index in [1.165, 1.54) is 19.5 Å². The molecule has 1 heterocycles. The molecule has 0 aliphatic rings. The zero-order valence-corrected chi connectivity index (χ0v) is 8.38. The lowest BCUT2D eigenvalue weighted by atomic mass is 10.0. The van der Waals surface area contributed by atoms with Crippen molar-refractivity contribution in [2.75, 3.05) is 13.7 Å². The fourth-order valence-electron chi connectivity index (χ4n) is 1.22. The van der Waals surface area contributed by atoms with Gasteiger partial charge in [0.2, 0.25) is 5.88 Å². The van der Waals surface area contributed by atoms with Gasteiger partial charge in [-0.15, -0.1) is 0 Å². The molecule has 3 N–H and O–H groups in total. The Bertz CT molecular complexity index is 343. The molecule has 0 fully saturated rings. The standard InChI is InChI=1S/C9H13N3O3/c1-15-8-4-7(11-5-12-8)6(2-3-10)9(13)14/h4-6H,2-3,10H2,1H3,(H,13,14). The molecule has 0 bridgehead atoms. The van der Waals surface area contributed by atoms with Crippen molar-refractivity contribution < 1.29 is 14.6 Å². The number of hydrogen-bond donors (Lipinski definition) is 2. The molecule has 1 aromatic heterocycles. The molecule has 0 aliphatic heterocycles. The Labute approximate surface area is 87.1 Å². The number of carboxylic acid groups (broad SMARTS) is 1. The van der Waals surface area contributed by atoms with E-state index in [0.717, 1.165) is 0 Å². The van der Waals surface area contributed by atoms with Gasteiger partial charge in [-0.25, -0.2) is 9.97 Å². The summed E-state index contributed by atoms with van der Waals surface area (Å²) in [5.74, 6) is -1.30. The highest BCUT2D eigenvalue weighted by Crippen LogP contribution is 2.19. The number of aliphatic carboxylic acids is 1. The van der Waals surface area contributed by atoms with Gasteiger partial charge in [-0.3, -0.25) is 4.79 Å². The fourth-order valence-corrected chi connectivity index (χ4v) is 1.22. The van der Waals surface area contributed by atoms with Crippen molar-refractivity contribution in [2.45, 2.75) is 12.3 Å². The number of nitrogens with zero attached hydrogens (tertiary/aromatic N) is 2. The van der Waals surface area contributed by atoms with Crippen molar-refractivity contribution in [3.05, 3.63) is 18.1 Å². The second-order valence-electron chi connectivity index (χ2n) is 2.95. The van der Waals surface area contributed by atoms with Crippen LogP contribution in [0.25, 0.3) is 0 Å². The van der Waals surface area contributed by atoms with Gasteiger partial charge in [0, 0.05) is 6.07 Å². The summed E-state index contributed by atoms with van der Waals surface area (Å²) >= 11 is 0. The van der Waals surface area contributed by atoms with Crippen molar-refractivity contribution >= 4 is 5.97 Å². The molecule has 0 amide bonds. The zero-order chi connectivity index (χ0) is 11.3. The maximum Gasteiger partial charge on any atom is 0.312 e. The highest BCUT2D eigenvalue weighted by atomic mass is 16.5. The summed E-state index contributed by atoms with van der Waals surface area (Å²) in [6, 6.07) is 1.51. The van der Waals surface area contributed by atoms with Gasteiger partial charge < -0.3 is 15.6 Å². The molecule has 0 saturated carbocycles. The molecule has 6 nitrogen and oxygen atoms in total. The number of hydrogen-bond acceptors (Lipinski definition) is 5. The minimum absolute atomic E-state index is 0.295. The first-order valence-corrected chi connectivity index (χ1v) is 4.47. The van der Waals surface area contributed by atoms with E-state index in [0.29, 0.717) is 24.5 Å². The van der Waals surface area contributed by atoms with Crippen LogP contribution >= 0.6 is 0 Å². The van der Waals surface area contributed by atoms with Crippen LogP contribution in [0.2, 0.25) is 0 Å². The first kappa shape index (κ1) is 11.4. The minimum atomic E-state index is -0.943. The first-order chi connectivity index (χ1) is 7.19. The van der Waals surface area contributed by atoms with Gasteiger partial charge in [0.15, 0.2) is 0 Å². The van der Waals surface area contributed by atoms with Gasteiger partial charge in [-0.2, -0.15) is 0 Å². The van der Waals surface area contributed by atoms with Crippen LogP contribution in [0, 0.1) is 0 Å². The maximum absolute atomic E-state index is 10.9. The average Bonchev–Trinajstić information content (AvgIpc) is 2.25. The lowest BCUT2D eigenvalue weighted by Crippen LogP contribution is -2.17. The summed E-state index contributed by atoms with van der Waals surface area (Å²) in [5.41, 5.74) is 5.75. The Hall–Kier alpha value is -1.69. The Balaban J connectivity index is 2.94. The highest BCUT2D eigenvalue weighted by molar-refractivity contribution is 5.75. The number of methoxy groups -OCH3 is 1. The zero-order valence-electron chi connectivity index (χ0n) is 8.38. The Morgan fingerprint density at radius 3 is 2.93 bits per heavy atom. The highest BCUT2D eigenvalue weighted by Gasteiger charge is 2.20. The lowest BCUT2D eigenvalue weighted by Gasteiger charge is -2.10. The second kappa shape index (κ2) is 5.26. The summed E-state index contributed by atoms with van der Waals surface area (Å²) < 4.78 is 4.89. The Morgan fingerprint density at radius 1 is 1.67 bits per heavy atom. The van der Waals surface area contributed by atoms with Crippen molar-refractivity contribution in [2.24, 2.45) is 5.73 Å². The van der Waals surface area contributed by atoms with Crippen LogP contribution in [0.15, 0.2) is 12.4 Å². The molecule has 0 spiro atoms. The van der Waals surface area contributed by atoms with Gasteiger partial charge in [0.25, 0.3) is 0 Å². The quantitative estimate of drug-likeness (QED) is 0.711. The van der Waals surface area contributed by atoms with Gasteiger partial charge in [0.1, 0.15) is 12.2 Å². The third kappa shape index (κ3) is 2.88. The summed E-state index contributed by atoms with van der Waals surface area (Å²) in [7, 11) is 1.46. The molecule has 1 aromatic rings. The van der Waals surface area contributed by atoms with Crippen molar-refractivity contribution in [1.82, 2.24) is 9.97 Å². The predicted octanol–water partition coefficient (Wildman–Crippen LogP) is 0.00220. The van der Waals surface area contributed by atoms with Crippen molar-refractivity contribution in [3.8, 4) is 5.88 Å². The number of rotatable bonds is 5. The summed E-state index contributed by atoms with van der Waals surface area (Å²) in [4.78, 5) is 18.6. The molecular formula is C9H13N3O3. The minimum Gasteiger partial charge on any atom is -0.481 e. The molecule has 0 aliphatic carbocycles.